The van der Waals surface area contributed by atoms with E-state index in [-0.39, 0.29) is 86.3 Å². The number of hydrogen-bond acceptors (Lipinski definition) is 9. The molecule has 0 aliphatic carbocycles. The van der Waals surface area contributed by atoms with Gasteiger partial charge in [-0.25, -0.2) is 4.68 Å². The highest BCUT2D eigenvalue weighted by Crippen LogP contribution is 2.40. The number of pyridine rings is 1. The summed E-state index contributed by atoms with van der Waals surface area (Å²) < 4.78 is 101. The molecule has 4 heterocycles. The topological polar surface area (TPSA) is 108 Å². The quantitative estimate of drug-likeness (QED) is 0.100. The molecular weight excluding hydrogens is 698 g/mol. The van der Waals surface area contributed by atoms with Crippen LogP contribution >= 0.6 is 11.6 Å². The van der Waals surface area contributed by atoms with Crippen molar-refractivity contribution in [3.8, 4) is 11.3 Å². The summed E-state index contributed by atoms with van der Waals surface area (Å²) in [5.74, 6) is -0.622. The summed E-state index contributed by atoms with van der Waals surface area (Å²) in [6, 6.07) is 2.81. The smallest absolute Gasteiger partial charge is 0.405 e. The van der Waals surface area contributed by atoms with Crippen molar-refractivity contribution in [2.75, 3.05) is 31.2 Å². The molecule has 49 heavy (non-hydrogen) atoms. The van der Waals surface area contributed by atoms with Crippen molar-refractivity contribution in [3.05, 3.63) is 75.4 Å². The molecule has 0 spiro atoms. The molecule has 262 valence electrons. The highest BCUT2D eigenvalue weighted by Gasteiger charge is 2.40. The molecule has 0 bridgehead atoms. The number of aromatic nitrogens is 5. The zero-order valence-electron chi connectivity index (χ0n) is 27.0. The monoisotopic (exact) mass is 728 g/mol. The number of nitrogens with zero attached hydrogens (tertiary/aromatic N) is 6. The Morgan fingerprint density at radius 1 is 1.00 bits per heavy atom. The summed E-state index contributed by atoms with van der Waals surface area (Å²) in [4.78, 5) is 20.4. The Morgan fingerprint density at radius 3 is 2.20 bits per heavy atom. The second-order valence-electron chi connectivity index (χ2n) is 12.8. The average molecular weight is 729 g/mol. The van der Waals surface area contributed by atoms with Gasteiger partial charge in [0.1, 0.15) is 11.3 Å². The van der Waals surface area contributed by atoms with E-state index >= 15 is 0 Å². The van der Waals surface area contributed by atoms with Crippen LogP contribution in [-0.4, -0.2) is 67.0 Å². The molecule has 1 saturated heterocycles. The lowest BCUT2D eigenvalue weighted by Crippen LogP contribution is -2.38. The molecule has 4 aromatic rings. The predicted molar refractivity (Wildman–Crippen MR) is 166 cm³/mol. The first-order valence-corrected chi connectivity index (χ1v) is 16.2. The van der Waals surface area contributed by atoms with Gasteiger partial charge in [-0.05, 0) is 48.7 Å². The van der Waals surface area contributed by atoms with E-state index < -0.39 is 41.4 Å². The molecule has 0 N–H and O–H groups in total. The molecule has 0 saturated carbocycles. The van der Waals surface area contributed by atoms with Crippen LogP contribution in [0.1, 0.15) is 73.1 Å². The van der Waals surface area contributed by atoms with Crippen molar-refractivity contribution >= 4 is 33.0 Å². The van der Waals surface area contributed by atoms with E-state index in [0.717, 1.165) is 4.68 Å². The van der Waals surface area contributed by atoms with Crippen LogP contribution in [0.4, 0.5) is 32.2 Å². The van der Waals surface area contributed by atoms with Crippen molar-refractivity contribution in [2.24, 2.45) is 0 Å². The lowest BCUT2D eigenvalue weighted by Gasteiger charge is -2.29. The predicted octanol–water partition coefficient (Wildman–Crippen LogP) is 7.22. The molecule has 18 heteroatoms. The number of carbonyl (C=O) groups excluding carboxylic acids is 1. The van der Waals surface area contributed by atoms with Crippen LogP contribution in [-0.2, 0) is 33.7 Å². The van der Waals surface area contributed by atoms with Gasteiger partial charge in [-0.3, -0.25) is 9.78 Å². The van der Waals surface area contributed by atoms with Crippen LogP contribution in [0, 0.1) is 0 Å². The van der Waals surface area contributed by atoms with Gasteiger partial charge in [0, 0.05) is 31.0 Å². The van der Waals surface area contributed by atoms with Gasteiger partial charge in [0.2, 0.25) is 15.5 Å². The molecule has 0 unspecified atom stereocenters. The lowest BCUT2D eigenvalue weighted by molar-refractivity contribution is -0.143. The second kappa shape index (κ2) is 13.5. The number of anilines is 1. The molecule has 1 aliphatic heterocycles. The number of carbonyl (C=O) groups is 1. The van der Waals surface area contributed by atoms with Gasteiger partial charge in [-0.2, -0.15) is 26.3 Å². The number of halogens is 7. The van der Waals surface area contributed by atoms with Crippen molar-refractivity contribution in [3.63, 3.8) is 0 Å². The summed E-state index contributed by atoms with van der Waals surface area (Å²) in [5, 5.41) is 12.3. The minimum Gasteiger partial charge on any atom is -0.405 e. The third-order valence-corrected chi connectivity index (χ3v) is 8.85. The fourth-order valence-electron chi connectivity index (χ4n) is 5.04. The number of ether oxygens (including phenoxy) is 1. The normalized spacial score (nSPS) is 14.8. The maximum atomic E-state index is 14.7. The first-order valence-electron chi connectivity index (χ1n) is 14.9. The second-order valence-corrected chi connectivity index (χ2v) is 15.1. The number of hydrogen-bond donors (Lipinski definition) is 0. The number of rotatable bonds is 9. The van der Waals surface area contributed by atoms with Crippen molar-refractivity contribution in [1.82, 2.24) is 25.1 Å². The summed E-state index contributed by atoms with van der Waals surface area (Å²) >= 11 is 6.46. The molecule has 3 aromatic heterocycles. The fraction of sp³-hybridized carbons (Fsp3) is 0.452. The molecule has 10 nitrogen and oxygen atoms in total. The van der Waals surface area contributed by atoms with Gasteiger partial charge in [-0.15, -0.1) is 5.10 Å². The van der Waals surface area contributed by atoms with Crippen LogP contribution in [0.2, 0.25) is 10.1 Å². The van der Waals surface area contributed by atoms with Crippen LogP contribution in [0.15, 0.2) is 41.2 Å². The standard InChI is InChI=1S/C31H31ClF6N6O4Si/c1-28(2,3)49-48-29(4,5)26-22(23(41-47-26)20-6-7-39-15-21(20)32)25(45)24-27(43-8-10-46-11-9-43)44(42-40-24)16-17-12-18(30(33,34)35)14-19(13-17)31(36,37)38/h6-7,12-15H,8-11,16H2,1-5H3. The Kier molecular flexibility index (Phi) is 10.0. The Labute approximate surface area is 284 Å². The first kappa shape index (κ1) is 36.5. The van der Waals surface area contributed by atoms with Crippen molar-refractivity contribution in [1.29, 1.82) is 0 Å². The number of benzene rings is 1. The lowest BCUT2D eigenvalue weighted by atomic mass is 9.94. The van der Waals surface area contributed by atoms with Crippen LogP contribution in [0.5, 0.6) is 0 Å². The summed E-state index contributed by atoms with van der Waals surface area (Å²) in [6.45, 7) is 9.67. The van der Waals surface area contributed by atoms with E-state index in [2.05, 4.69) is 20.5 Å². The minimum atomic E-state index is -5.05. The van der Waals surface area contributed by atoms with Crippen molar-refractivity contribution < 1.29 is 44.8 Å². The minimum absolute atomic E-state index is 0.0229. The van der Waals surface area contributed by atoms with Gasteiger partial charge < -0.3 is 18.6 Å². The number of alkyl halides is 6. The third kappa shape index (κ3) is 8.16. The maximum Gasteiger partial charge on any atom is 0.416 e. The molecule has 0 atom stereocenters. The Balaban J connectivity index is 1.67. The van der Waals surface area contributed by atoms with Crippen LogP contribution in [0.25, 0.3) is 11.3 Å². The molecule has 2 radical (unpaired) electrons. The molecule has 1 fully saturated rings. The summed E-state index contributed by atoms with van der Waals surface area (Å²) in [7, 11) is -0.0229. The van der Waals surface area contributed by atoms with Gasteiger partial charge >= 0.3 is 12.4 Å². The summed E-state index contributed by atoms with van der Waals surface area (Å²) in [5.41, 5.74) is -4.45. The van der Waals surface area contributed by atoms with E-state index in [1.54, 1.807) is 18.7 Å². The maximum absolute atomic E-state index is 14.7. The zero-order chi connectivity index (χ0) is 35.9. The molecule has 1 aromatic carbocycles. The highest BCUT2D eigenvalue weighted by atomic mass is 35.5. The fourth-order valence-corrected chi connectivity index (χ4v) is 5.90. The zero-order valence-corrected chi connectivity index (χ0v) is 28.7. The van der Waals surface area contributed by atoms with E-state index in [1.165, 1.54) is 18.5 Å². The number of ketones is 1. The molecule has 5 rings (SSSR count). The van der Waals surface area contributed by atoms with E-state index in [4.69, 9.17) is 25.3 Å². The van der Waals surface area contributed by atoms with Crippen molar-refractivity contribution in [2.45, 2.75) is 64.2 Å². The first-order chi connectivity index (χ1) is 22.8. The third-order valence-electron chi connectivity index (χ3n) is 7.32. The Morgan fingerprint density at radius 2 is 1.63 bits per heavy atom. The molecular formula is C31H31ClF6N6O4Si. The SMILES string of the molecule is CC(C)(C)[Si]OC(C)(C)c1onc(-c2ccncc2Cl)c1C(=O)c1nnn(Cc2cc(C(F)(F)F)cc(C(F)(F)F)c2)c1N1CCOCC1. The van der Waals surface area contributed by atoms with E-state index in [0.29, 0.717) is 17.7 Å². The van der Waals surface area contributed by atoms with E-state index in [9.17, 15) is 31.1 Å². The largest absolute Gasteiger partial charge is 0.416 e. The van der Waals surface area contributed by atoms with Gasteiger partial charge in [0.15, 0.2) is 17.3 Å². The molecule has 1 aliphatic rings. The van der Waals surface area contributed by atoms with Gasteiger partial charge in [-0.1, -0.05) is 42.7 Å². The molecule has 0 amide bonds. The van der Waals surface area contributed by atoms with Crippen LogP contribution < -0.4 is 4.90 Å². The van der Waals surface area contributed by atoms with Crippen LogP contribution in [0.3, 0.4) is 0 Å². The number of morpholine rings is 1. The van der Waals surface area contributed by atoms with Gasteiger partial charge in [0.05, 0.1) is 41.5 Å². The Hall–Kier alpha value is -3.80. The Bertz CT molecular complexity index is 1800. The van der Waals surface area contributed by atoms with Gasteiger partial charge in [0.25, 0.3) is 0 Å². The van der Waals surface area contributed by atoms with E-state index in [1.807, 2.05) is 20.8 Å². The highest BCUT2D eigenvalue weighted by molar-refractivity contribution is 6.33. The average Bonchev–Trinajstić information content (AvgIpc) is 3.65. The summed E-state index contributed by atoms with van der Waals surface area (Å²) in [6.07, 6.45) is -7.29.